The largest absolute Gasteiger partial charge is 0.348 e. The monoisotopic (exact) mass is 384 g/mol. The van der Waals surface area contributed by atoms with Gasteiger partial charge in [-0.2, -0.15) is 5.10 Å². The van der Waals surface area contributed by atoms with Crippen LogP contribution >= 0.6 is 0 Å². The van der Waals surface area contributed by atoms with Crippen LogP contribution in [0, 0.1) is 12.7 Å². The SMILES string of the molecule is Cc1nn(C)cc1C(=O)N1C[C@@H](c2ccccc2F)[C@@]2(CCCCC(=O)N2)C1. The molecule has 7 heteroatoms. The van der Waals surface area contributed by atoms with Crippen LogP contribution in [-0.4, -0.2) is 45.1 Å². The van der Waals surface area contributed by atoms with E-state index in [4.69, 9.17) is 0 Å². The van der Waals surface area contributed by atoms with Crippen molar-refractivity contribution < 1.29 is 14.0 Å². The lowest BCUT2D eigenvalue weighted by molar-refractivity contribution is -0.122. The Morgan fingerprint density at radius 1 is 1.32 bits per heavy atom. The summed E-state index contributed by atoms with van der Waals surface area (Å²) in [6.45, 7) is 2.56. The fourth-order valence-corrected chi connectivity index (χ4v) is 4.71. The summed E-state index contributed by atoms with van der Waals surface area (Å²) < 4.78 is 16.3. The van der Waals surface area contributed by atoms with Crippen molar-refractivity contribution >= 4 is 11.8 Å². The molecule has 2 amide bonds. The van der Waals surface area contributed by atoms with E-state index < -0.39 is 5.54 Å². The van der Waals surface area contributed by atoms with Gasteiger partial charge in [0.1, 0.15) is 5.82 Å². The van der Waals surface area contributed by atoms with E-state index in [0.29, 0.717) is 36.3 Å². The Kier molecular flexibility index (Phi) is 4.69. The molecule has 3 heterocycles. The third-order valence-corrected chi connectivity index (χ3v) is 6.02. The van der Waals surface area contributed by atoms with E-state index in [2.05, 4.69) is 10.4 Å². The van der Waals surface area contributed by atoms with Gasteiger partial charge in [-0.25, -0.2) is 4.39 Å². The molecule has 0 aliphatic carbocycles. The Morgan fingerprint density at radius 3 is 2.82 bits per heavy atom. The molecule has 1 spiro atoms. The molecular weight excluding hydrogens is 359 g/mol. The smallest absolute Gasteiger partial charge is 0.257 e. The number of amides is 2. The minimum atomic E-state index is -0.637. The molecule has 1 N–H and O–H groups in total. The summed E-state index contributed by atoms with van der Waals surface area (Å²) in [6.07, 6.45) is 4.60. The minimum Gasteiger partial charge on any atom is -0.348 e. The molecule has 2 aliphatic rings. The topological polar surface area (TPSA) is 67.2 Å². The van der Waals surface area contributed by atoms with Crippen LogP contribution in [0.25, 0.3) is 0 Å². The molecule has 0 saturated carbocycles. The minimum absolute atomic E-state index is 0.0225. The van der Waals surface area contributed by atoms with Crippen LogP contribution in [0.15, 0.2) is 30.5 Å². The fraction of sp³-hybridized carbons (Fsp3) is 0.476. The number of rotatable bonds is 2. The predicted molar refractivity (Wildman–Crippen MR) is 102 cm³/mol. The molecular formula is C21H25FN4O2. The third kappa shape index (κ3) is 3.19. The standard InChI is InChI=1S/C21H25FN4O2/c1-14-16(11-25(2)24-14)20(28)26-12-17(15-7-3-4-8-18(15)22)21(13-26)10-6-5-9-19(27)23-21/h3-4,7-8,11,17H,5-6,9-10,12-13H2,1-2H3,(H,23,27)/t17-,21+/m0/s1. The predicted octanol–water partition coefficient (Wildman–Crippen LogP) is 2.54. The number of carbonyl (C=O) groups is 2. The zero-order valence-electron chi connectivity index (χ0n) is 16.2. The van der Waals surface area contributed by atoms with Crippen LogP contribution in [-0.2, 0) is 11.8 Å². The molecule has 1 aromatic heterocycles. The van der Waals surface area contributed by atoms with Crippen LogP contribution in [0.5, 0.6) is 0 Å². The van der Waals surface area contributed by atoms with Crippen LogP contribution in [0.3, 0.4) is 0 Å². The Labute approximate surface area is 163 Å². The molecule has 2 aliphatic heterocycles. The first kappa shape index (κ1) is 18.7. The Morgan fingerprint density at radius 2 is 2.11 bits per heavy atom. The molecule has 2 atom stereocenters. The second kappa shape index (κ2) is 7.04. The summed E-state index contributed by atoms with van der Waals surface area (Å²) in [7, 11) is 1.78. The number of nitrogens with one attached hydrogen (secondary N) is 1. The van der Waals surface area contributed by atoms with Gasteiger partial charge in [0.05, 0.1) is 16.8 Å². The summed E-state index contributed by atoms with van der Waals surface area (Å²) in [5.41, 5.74) is 1.14. The van der Waals surface area contributed by atoms with Crippen molar-refractivity contribution in [2.24, 2.45) is 7.05 Å². The zero-order valence-corrected chi connectivity index (χ0v) is 16.2. The van der Waals surface area contributed by atoms with Gasteiger partial charge in [0.15, 0.2) is 0 Å². The lowest BCUT2D eigenvalue weighted by atomic mass is 9.78. The van der Waals surface area contributed by atoms with Gasteiger partial charge in [-0.3, -0.25) is 14.3 Å². The maximum Gasteiger partial charge on any atom is 0.257 e. The lowest BCUT2D eigenvalue weighted by Gasteiger charge is -2.34. The Bertz CT molecular complexity index is 925. The average Bonchev–Trinajstić information content (AvgIpc) is 3.11. The summed E-state index contributed by atoms with van der Waals surface area (Å²) in [5.74, 6) is -0.720. The van der Waals surface area contributed by atoms with E-state index in [0.717, 1.165) is 19.3 Å². The summed E-state index contributed by atoms with van der Waals surface area (Å²) >= 11 is 0. The molecule has 0 bridgehead atoms. The normalized spacial score (nSPS) is 25.0. The summed E-state index contributed by atoms with van der Waals surface area (Å²) in [6, 6.07) is 6.67. The summed E-state index contributed by atoms with van der Waals surface area (Å²) in [5, 5.41) is 7.43. The highest BCUT2D eigenvalue weighted by molar-refractivity contribution is 5.95. The quantitative estimate of drug-likeness (QED) is 0.865. The highest BCUT2D eigenvalue weighted by atomic mass is 19.1. The van der Waals surface area contributed by atoms with Gasteiger partial charge in [0.25, 0.3) is 5.91 Å². The maximum atomic E-state index is 14.7. The number of carbonyl (C=O) groups excluding carboxylic acids is 2. The highest BCUT2D eigenvalue weighted by Gasteiger charge is 2.50. The number of hydrogen-bond acceptors (Lipinski definition) is 3. The first-order chi connectivity index (χ1) is 13.4. The van der Waals surface area contributed by atoms with Gasteiger partial charge >= 0.3 is 0 Å². The van der Waals surface area contributed by atoms with Crippen LogP contribution in [0.2, 0.25) is 0 Å². The number of benzene rings is 1. The third-order valence-electron chi connectivity index (χ3n) is 6.02. The summed E-state index contributed by atoms with van der Waals surface area (Å²) in [4.78, 5) is 27.3. The van der Waals surface area contributed by atoms with Gasteiger partial charge < -0.3 is 10.2 Å². The number of aryl methyl sites for hydroxylation is 2. The first-order valence-corrected chi connectivity index (χ1v) is 9.74. The van der Waals surface area contributed by atoms with E-state index in [1.807, 2.05) is 0 Å². The van der Waals surface area contributed by atoms with Crippen LogP contribution in [0.1, 0.15) is 53.2 Å². The van der Waals surface area contributed by atoms with Gasteiger partial charge in [0.2, 0.25) is 5.91 Å². The molecule has 0 radical (unpaired) electrons. The lowest BCUT2D eigenvalue weighted by Crippen LogP contribution is -2.53. The van der Waals surface area contributed by atoms with Crippen molar-refractivity contribution in [2.45, 2.75) is 44.1 Å². The zero-order chi connectivity index (χ0) is 19.9. The molecule has 148 valence electrons. The average molecular weight is 384 g/mol. The highest BCUT2D eigenvalue weighted by Crippen LogP contribution is 2.42. The molecule has 1 aromatic carbocycles. The molecule has 0 unspecified atom stereocenters. The Balaban J connectivity index is 1.73. The van der Waals surface area contributed by atoms with Crippen molar-refractivity contribution in [3.8, 4) is 0 Å². The molecule has 2 aromatic rings. The van der Waals surface area contributed by atoms with Crippen molar-refractivity contribution in [2.75, 3.05) is 13.1 Å². The fourth-order valence-electron chi connectivity index (χ4n) is 4.71. The maximum absolute atomic E-state index is 14.7. The molecule has 4 rings (SSSR count). The van der Waals surface area contributed by atoms with Gasteiger partial charge in [0, 0.05) is 38.7 Å². The number of hydrogen-bond donors (Lipinski definition) is 1. The van der Waals surface area contributed by atoms with E-state index in [1.165, 1.54) is 6.07 Å². The Hall–Kier alpha value is -2.70. The molecule has 2 fully saturated rings. The van der Waals surface area contributed by atoms with Crippen molar-refractivity contribution in [1.29, 1.82) is 0 Å². The van der Waals surface area contributed by atoms with Crippen LogP contribution < -0.4 is 5.32 Å². The van der Waals surface area contributed by atoms with Crippen molar-refractivity contribution in [3.05, 3.63) is 53.1 Å². The second-order valence-corrected chi connectivity index (χ2v) is 7.97. The van der Waals surface area contributed by atoms with Gasteiger partial charge in [-0.05, 0) is 31.4 Å². The molecule has 2 saturated heterocycles. The van der Waals surface area contributed by atoms with E-state index >= 15 is 0 Å². The van der Waals surface area contributed by atoms with Crippen LogP contribution in [0.4, 0.5) is 4.39 Å². The number of nitrogens with zero attached hydrogens (tertiary/aromatic N) is 3. The van der Waals surface area contributed by atoms with E-state index in [9.17, 15) is 14.0 Å². The van der Waals surface area contributed by atoms with Gasteiger partial charge in [-0.1, -0.05) is 24.6 Å². The number of halogens is 1. The second-order valence-electron chi connectivity index (χ2n) is 7.97. The molecule has 6 nitrogen and oxygen atoms in total. The van der Waals surface area contributed by atoms with E-state index in [-0.39, 0.29) is 23.5 Å². The van der Waals surface area contributed by atoms with Crippen molar-refractivity contribution in [1.82, 2.24) is 20.0 Å². The van der Waals surface area contributed by atoms with E-state index in [1.54, 1.807) is 47.9 Å². The number of likely N-dealkylation sites (tertiary alicyclic amines) is 1. The molecule has 28 heavy (non-hydrogen) atoms. The first-order valence-electron chi connectivity index (χ1n) is 9.74. The van der Waals surface area contributed by atoms with Crippen molar-refractivity contribution in [3.63, 3.8) is 0 Å². The number of aromatic nitrogens is 2. The van der Waals surface area contributed by atoms with Gasteiger partial charge in [-0.15, -0.1) is 0 Å².